The maximum absolute atomic E-state index is 12.1. The highest BCUT2D eigenvalue weighted by atomic mass is 35.5. The number of rotatable bonds is 6. The first-order valence-electron chi connectivity index (χ1n) is 6.93. The van der Waals surface area contributed by atoms with Crippen LogP contribution in [0, 0.1) is 0 Å². The fourth-order valence-electron chi connectivity index (χ4n) is 2.42. The van der Waals surface area contributed by atoms with Crippen LogP contribution in [0.25, 0.3) is 0 Å². The van der Waals surface area contributed by atoms with Crippen molar-refractivity contribution in [3.8, 4) is 0 Å². The van der Waals surface area contributed by atoms with E-state index in [1.54, 1.807) is 12.1 Å². The molecule has 21 heavy (non-hydrogen) atoms. The Hall–Kier alpha value is -1.84. The van der Waals surface area contributed by atoms with E-state index < -0.39 is 5.54 Å². The fraction of sp³-hybridized carbons (Fsp3) is 0.235. The number of primary amides is 1. The van der Waals surface area contributed by atoms with Gasteiger partial charge in [-0.05, 0) is 29.7 Å². The molecule has 0 saturated carbocycles. The highest BCUT2D eigenvalue weighted by Crippen LogP contribution is 2.26. The van der Waals surface area contributed by atoms with Crippen LogP contribution in [0.2, 0.25) is 5.02 Å². The molecule has 0 aromatic heterocycles. The Balaban J connectivity index is 2.29. The predicted octanol–water partition coefficient (Wildman–Crippen LogP) is 3.22. The van der Waals surface area contributed by atoms with Crippen molar-refractivity contribution in [2.45, 2.75) is 25.4 Å². The molecule has 2 aromatic rings. The molecule has 0 saturated heterocycles. The summed E-state index contributed by atoms with van der Waals surface area (Å²) in [5, 5.41) is 3.95. The summed E-state index contributed by atoms with van der Waals surface area (Å²) in [4.78, 5) is 12.1. The molecule has 2 aromatic carbocycles. The lowest BCUT2D eigenvalue weighted by molar-refractivity contribution is -0.125. The first-order valence-corrected chi connectivity index (χ1v) is 7.31. The van der Waals surface area contributed by atoms with Crippen LogP contribution in [0.4, 0.5) is 0 Å². The Bertz CT molecular complexity index is 598. The van der Waals surface area contributed by atoms with Crippen molar-refractivity contribution in [1.29, 1.82) is 0 Å². The third-order valence-electron chi connectivity index (χ3n) is 3.73. The topological polar surface area (TPSA) is 55.1 Å². The largest absolute Gasteiger partial charge is 0.368 e. The van der Waals surface area contributed by atoms with E-state index >= 15 is 0 Å². The van der Waals surface area contributed by atoms with Crippen LogP contribution in [0.15, 0.2) is 54.6 Å². The zero-order chi connectivity index (χ0) is 15.3. The van der Waals surface area contributed by atoms with Gasteiger partial charge in [-0.1, -0.05) is 61.0 Å². The van der Waals surface area contributed by atoms with E-state index in [-0.39, 0.29) is 5.91 Å². The zero-order valence-electron chi connectivity index (χ0n) is 12.0. The summed E-state index contributed by atoms with van der Waals surface area (Å²) < 4.78 is 0. The van der Waals surface area contributed by atoms with Crippen LogP contribution < -0.4 is 11.1 Å². The summed E-state index contributed by atoms with van der Waals surface area (Å²) in [5.41, 5.74) is 6.73. The van der Waals surface area contributed by atoms with Crippen LogP contribution >= 0.6 is 11.6 Å². The van der Waals surface area contributed by atoms with Gasteiger partial charge in [-0.15, -0.1) is 0 Å². The number of hydrogen-bond acceptors (Lipinski definition) is 2. The Morgan fingerprint density at radius 2 is 1.76 bits per heavy atom. The molecular weight excluding hydrogens is 284 g/mol. The third kappa shape index (κ3) is 3.43. The molecule has 0 aliphatic heterocycles. The minimum Gasteiger partial charge on any atom is -0.368 e. The van der Waals surface area contributed by atoms with E-state index in [1.165, 1.54) is 0 Å². The smallest absolute Gasteiger partial charge is 0.242 e. The molecule has 2 rings (SSSR count). The molecule has 0 heterocycles. The van der Waals surface area contributed by atoms with Gasteiger partial charge < -0.3 is 5.73 Å². The van der Waals surface area contributed by atoms with Gasteiger partial charge in [0.1, 0.15) is 5.54 Å². The van der Waals surface area contributed by atoms with Gasteiger partial charge in [0, 0.05) is 11.6 Å². The van der Waals surface area contributed by atoms with Gasteiger partial charge in [0.15, 0.2) is 0 Å². The molecule has 0 radical (unpaired) electrons. The van der Waals surface area contributed by atoms with Crippen molar-refractivity contribution in [3.63, 3.8) is 0 Å². The monoisotopic (exact) mass is 302 g/mol. The van der Waals surface area contributed by atoms with Gasteiger partial charge in [0.25, 0.3) is 0 Å². The van der Waals surface area contributed by atoms with E-state index in [9.17, 15) is 4.79 Å². The minimum absolute atomic E-state index is 0.386. The second-order valence-electron chi connectivity index (χ2n) is 4.97. The Kier molecular flexibility index (Phi) is 4.99. The summed E-state index contributed by atoms with van der Waals surface area (Å²) in [6.07, 6.45) is 0.566. The maximum atomic E-state index is 12.1. The minimum atomic E-state index is -0.888. The SMILES string of the molecule is CCC(NCc1ccccc1)(C(N)=O)c1ccc(Cl)cc1. The first kappa shape index (κ1) is 15.5. The number of carbonyl (C=O) groups is 1. The number of nitrogens with two attached hydrogens (primary N) is 1. The van der Waals surface area contributed by atoms with Crippen molar-refractivity contribution >= 4 is 17.5 Å². The third-order valence-corrected chi connectivity index (χ3v) is 3.98. The Morgan fingerprint density at radius 1 is 1.14 bits per heavy atom. The van der Waals surface area contributed by atoms with E-state index in [1.807, 2.05) is 49.4 Å². The first-order chi connectivity index (χ1) is 10.1. The highest BCUT2D eigenvalue weighted by Gasteiger charge is 2.36. The summed E-state index contributed by atoms with van der Waals surface area (Å²) >= 11 is 5.92. The molecule has 110 valence electrons. The van der Waals surface area contributed by atoms with E-state index in [0.717, 1.165) is 11.1 Å². The molecule has 0 bridgehead atoms. The molecule has 3 nitrogen and oxygen atoms in total. The fourth-order valence-corrected chi connectivity index (χ4v) is 2.54. The Labute approximate surface area is 130 Å². The van der Waals surface area contributed by atoms with Gasteiger partial charge in [0.05, 0.1) is 0 Å². The van der Waals surface area contributed by atoms with Gasteiger partial charge in [-0.3, -0.25) is 10.1 Å². The van der Waals surface area contributed by atoms with Crippen LogP contribution in [-0.2, 0) is 16.9 Å². The van der Waals surface area contributed by atoms with E-state index in [4.69, 9.17) is 17.3 Å². The second-order valence-corrected chi connectivity index (χ2v) is 5.41. The van der Waals surface area contributed by atoms with Crippen molar-refractivity contribution in [2.24, 2.45) is 5.73 Å². The van der Waals surface area contributed by atoms with Gasteiger partial charge in [0.2, 0.25) is 5.91 Å². The predicted molar refractivity (Wildman–Crippen MR) is 85.9 cm³/mol. The Morgan fingerprint density at radius 3 is 2.29 bits per heavy atom. The van der Waals surface area contributed by atoms with Crippen LogP contribution in [-0.4, -0.2) is 5.91 Å². The van der Waals surface area contributed by atoms with Crippen molar-refractivity contribution in [2.75, 3.05) is 0 Å². The second kappa shape index (κ2) is 6.74. The maximum Gasteiger partial charge on any atom is 0.242 e. The number of halogens is 1. The summed E-state index contributed by atoms with van der Waals surface area (Å²) in [6.45, 7) is 2.51. The van der Waals surface area contributed by atoms with E-state index in [0.29, 0.717) is 18.0 Å². The lowest BCUT2D eigenvalue weighted by Crippen LogP contribution is -2.52. The average molecular weight is 303 g/mol. The summed E-state index contributed by atoms with van der Waals surface area (Å²) in [7, 11) is 0. The number of amides is 1. The standard InChI is InChI=1S/C17H19ClN2O/c1-2-17(16(19)21,14-8-10-15(18)11-9-14)20-12-13-6-4-3-5-7-13/h3-11,20H,2,12H2,1H3,(H2,19,21). The van der Waals surface area contributed by atoms with Gasteiger partial charge in [-0.25, -0.2) is 0 Å². The van der Waals surface area contributed by atoms with Crippen LogP contribution in [0.5, 0.6) is 0 Å². The van der Waals surface area contributed by atoms with Crippen LogP contribution in [0.1, 0.15) is 24.5 Å². The zero-order valence-corrected chi connectivity index (χ0v) is 12.7. The number of benzene rings is 2. The summed E-state index contributed by atoms with van der Waals surface area (Å²) in [5.74, 6) is -0.386. The molecule has 0 fully saturated rings. The number of nitrogens with one attached hydrogen (secondary N) is 1. The van der Waals surface area contributed by atoms with E-state index in [2.05, 4.69) is 5.32 Å². The molecule has 0 aliphatic rings. The molecular formula is C17H19ClN2O. The number of carbonyl (C=O) groups excluding carboxylic acids is 1. The van der Waals surface area contributed by atoms with Crippen molar-refractivity contribution < 1.29 is 4.79 Å². The summed E-state index contributed by atoms with van der Waals surface area (Å²) in [6, 6.07) is 17.1. The molecule has 1 amide bonds. The van der Waals surface area contributed by atoms with Gasteiger partial charge >= 0.3 is 0 Å². The normalized spacial score (nSPS) is 13.6. The van der Waals surface area contributed by atoms with Gasteiger partial charge in [-0.2, -0.15) is 0 Å². The average Bonchev–Trinajstić information content (AvgIpc) is 2.50. The van der Waals surface area contributed by atoms with Crippen molar-refractivity contribution in [3.05, 3.63) is 70.7 Å². The molecule has 0 aliphatic carbocycles. The quantitative estimate of drug-likeness (QED) is 0.861. The lowest BCUT2D eigenvalue weighted by atomic mass is 9.86. The molecule has 3 N–H and O–H groups in total. The molecule has 4 heteroatoms. The lowest BCUT2D eigenvalue weighted by Gasteiger charge is -2.31. The molecule has 1 unspecified atom stereocenters. The highest BCUT2D eigenvalue weighted by molar-refractivity contribution is 6.30. The van der Waals surface area contributed by atoms with Crippen LogP contribution in [0.3, 0.4) is 0 Å². The molecule has 0 spiro atoms. The molecule has 1 atom stereocenters. The van der Waals surface area contributed by atoms with Crippen molar-refractivity contribution in [1.82, 2.24) is 5.32 Å². The number of hydrogen-bond donors (Lipinski definition) is 2.